The summed E-state index contributed by atoms with van der Waals surface area (Å²) in [6.45, 7) is 9.12. The standard InChI is InChI=1S/2C12H26.12H3O4P/c2*1-3-5-7-9-11-12-10-8-6-4-2;12*1-5(2,3)4/h2*3-12H2,1-2H3;12*(H3,1,2,3,4). The first-order valence-electron chi connectivity index (χ1n) is 21.2. The maximum absolute atomic E-state index is 8.88. The van der Waals surface area contributed by atoms with Crippen molar-refractivity contribution < 1.29 is 231 Å². The first-order valence-corrected chi connectivity index (χ1v) is 40.0. The highest BCUT2D eigenvalue weighted by Crippen LogP contribution is 2.30. The molecule has 0 saturated carbocycles. The van der Waals surface area contributed by atoms with Gasteiger partial charge in [0.25, 0.3) is 0 Å². The minimum atomic E-state index is -4.64. The van der Waals surface area contributed by atoms with Gasteiger partial charge in [-0.1, -0.05) is 156 Å². The van der Waals surface area contributed by atoms with Crippen LogP contribution in [-0.4, -0.2) is 176 Å². The molecule has 84 heavy (non-hydrogen) atoms. The van der Waals surface area contributed by atoms with Crippen LogP contribution in [0.3, 0.4) is 0 Å². The molecule has 48 nitrogen and oxygen atoms in total. The van der Waals surface area contributed by atoms with Gasteiger partial charge in [0.05, 0.1) is 0 Å². The second-order valence-electron chi connectivity index (χ2n) is 13.8. The van der Waals surface area contributed by atoms with E-state index in [1.165, 1.54) is 128 Å². The van der Waals surface area contributed by atoms with Crippen molar-refractivity contribution >= 4 is 93.9 Å². The van der Waals surface area contributed by atoms with Crippen molar-refractivity contribution in [2.75, 3.05) is 0 Å². The third kappa shape index (κ3) is 1510. The molecule has 0 spiro atoms. The van der Waals surface area contributed by atoms with Gasteiger partial charge >= 0.3 is 93.9 Å². The predicted molar refractivity (Wildman–Crippen MR) is 286 cm³/mol. The SMILES string of the molecule is CCCCCCCCCCCC.CCCCCCCCCCCC.O=P(O)(O)O.O=P(O)(O)O.O=P(O)(O)O.O=P(O)(O)O.O=P(O)(O)O.O=P(O)(O)O.O=P(O)(O)O.O=P(O)(O)O.O=P(O)(O)O.O=P(O)(O)O.O=P(O)(O)O.O=P(O)(O)O. The average molecular weight is 1520 g/mol. The van der Waals surface area contributed by atoms with E-state index in [0.717, 1.165) is 0 Å². The van der Waals surface area contributed by atoms with E-state index < -0.39 is 93.9 Å². The minimum absolute atomic E-state index is 1.37. The maximum Gasteiger partial charge on any atom is 0.466 e. The number of hydrogen-bond acceptors (Lipinski definition) is 12. The molecule has 60 heteroatoms. The zero-order valence-corrected chi connectivity index (χ0v) is 55.2. The van der Waals surface area contributed by atoms with Crippen LogP contribution in [-0.2, 0) is 54.8 Å². The summed E-state index contributed by atoms with van der Waals surface area (Å²) in [7, 11) is -55.7. The summed E-state index contributed by atoms with van der Waals surface area (Å²) in [6, 6.07) is 0. The zero-order chi connectivity index (χ0) is 72.1. The van der Waals surface area contributed by atoms with Crippen LogP contribution in [0.15, 0.2) is 0 Å². The second-order valence-corrected chi connectivity index (χ2v) is 26.1. The Labute approximate surface area is 479 Å². The molecule has 0 aromatic heterocycles. The molecule has 36 N–H and O–H groups in total. The Morgan fingerprint density at radius 2 is 0.167 bits per heavy atom. The largest absolute Gasteiger partial charge is 0.466 e. The highest BCUT2D eigenvalue weighted by atomic mass is 31.2. The summed E-state index contributed by atoms with van der Waals surface area (Å²) >= 11 is 0. The molecule has 0 saturated heterocycles. The van der Waals surface area contributed by atoms with Gasteiger partial charge in [-0.25, -0.2) is 54.8 Å². The summed E-state index contributed by atoms with van der Waals surface area (Å²) in [5.74, 6) is 0. The van der Waals surface area contributed by atoms with Gasteiger partial charge in [-0.2, -0.15) is 0 Å². The van der Waals surface area contributed by atoms with Gasteiger partial charge in [-0.3, -0.25) is 0 Å². The van der Waals surface area contributed by atoms with Gasteiger partial charge in [-0.15, -0.1) is 0 Å². The van der Waals surface area contributed by atoms with Crippen LogP contribution in [0.1, 0.15) is 156 Å². The lowest BCUT2D eigenvalue weighted by molar-refractivity contribution is 0.272. The first kappa shape index (κ1) is 119. The lowest BCUT2D eigenvalue weighted by Crippen LogP contribution is -1.80. The van der Waals surface area contributed by atoms with Crippen molar-refractivity contribution in [3.05, 3.63) is 0 Å². The number of hydrogen-bond donors (Lipinski definition) is 36. The summed E-state index contributed by atoms with van der Waals surface area (Å²) in [5.41, 5.74) is 0. The van der Waals surface area contributed by atoms with Gasteiger partial charge < -0.3 is 176 Å². The third-order valence-electron chi connectivity index (χ3n) is 4.91. The first-order chi connectivity index (χ1) is 35.8. The number of unbranched alkanes of at least 4 members (excludes halogenated alkanes) is 18. The van der Waals surface area contributed by atoms with Crippen LogP contribution >= 0.6 is 93.9 Å². The van der Waals surface area contributed by atoms with E-state index in [1.54, 1.807) is 0 Å². The van der Waals surface area contributed by atoms with Gasteiger partial charge in [-0.05, 0) is 0 Å². The number of phosphoric acid groups is 12. The summed E-state index contributed by atoms with van der Waals surface area (Å²) in [6.07, 6.45) is 28.9. The summed E-state index contributed by atoms with van der Waals surface area (Å²) in [5, 5.41) is 0. The number of rotatable bonds is 18. The van der Waals surface area contributed by atoms with E-state index in [-0.39, 0.29) is 0 Å². The molecule has 0 aromatic rings. The smallest absolute Gasteiger partial charge is 0.303 e. The van der Waals surface area contributed by atoms with Gasteiger partial charge in [0, 0.05) is 0 Å². The molecule has 0 aliphatic heterocycles. The van der Waals surface area contributed by atoms with E-state index in [0.29, 0.717) is 0 Å². The molecule has 0 aliphatic carbocycles. The van der Waals surface area contributed by atoms with Crippen LogP contribution < -0.4 is 0 Å². The van der Waals surface area contributed by atoms with E-state index in [9.17, 15) is 0 Å². The Hall–Kier alpha value is 1.32. The summed E-state index contributed by atoms with van der Waals surface area (Å²) < 4.78 is 107. The molecule has 0 heterocycles. The quantitative estimate of drug-likeness (QED) is 0.0561. The maximum atomic E-state index is 8.88. The molecule has 0 bridgehead atoms. The van der Waals surface area contributed by atoms with Crippen LogP contribution in [0, 0.1) is 0 Å². The van der Waals surface area contributed by atoms with Crippen molar-refractivity contribution in [1.29, 1.82) is 0 Å². The van der Waals surface area contributed by atoms with Gasteiger partial charge in [0.15, 0.2) is 0 Å². The average Bonchev–Trinajstić information content (AvgIpc) is 3.06. The second kappa shape index (κ2) is 67.2. The fraction of sp³-hybridized carbons (Fsp3) is 1.00. The third-order valence-corrected chi connectivity index (χ3v) is 4.91. The lowest BCUT2D eigenvalue weighted by atomic mass is 10.1. The normalized spacial score (nSPS) is 11.4. The Bertz CT molecular complexity index is 1400. The molecule has 0 amide bonds. The monoisotopic (exact) mass is 1520 g/mol. The van der Waals surface area contributed by atoms with Crippen molar-refractivity contribution in [2.45, 2.75) is 156 Å². The van der Waals surface area contributed by atoms with Crippen molar-refractivity contribution in [3.63, 3.8) is 0 Å². The molecular weight excluding hydrogens is 1430 g/mol. The Kier molecular flexibility index (Phi) is 95.4. The van der Waals surface area contributed by atoms with E-state index in [1.807, 2.05) is 0 Å². The molecule has 532 valence electrons. The minimum Gasteiger partial charge on any atom is -0.303 e. The Morgan fingerprint density at radius 1 is 0.131 bits per heavy atom. The molecule has 0 fully saturated rings. The molecular formula is C24H88O48P12. The highest BCUT2D eigenvalue weighted by Gasteiger charge is 2.05. The lowest BCUT2D eigenvalue weighted by Gasteiger charge is -1.99. The van der Waals surface area contributed by atoms with Crippen molar-refractivity contribution in [2.24, 2.45) is 0 Å². The van der Waals surface area contributed by atoms with Crippen LogP contribution in [0.4, 0.5) is 0 Å². The van der Waals surface area contributed by atoms with E-state index in [2.05, 4.69) is 27.7 Å². The molecule has 0 atom stereocenters. The Morgan fingerprint density at radius 3 is 0.202 bits per heavy atom. The van der Waals surface area contributed by atoms with E-state index >= 15 is 0 Å². The van der Waals surface area contributed by atoms with Crippen LogP contribution in [0.5, 0.6) is 0 Å². The topological polar surface area (TPSA) is 933 Å². The Balaban J connectivity index is -0.0000000533. The summed E-state index contributed by atoms with van der Waals surface area (Å²) in [4.78, 5) is 259. The molecule has 0 unspecified atom stereocenters. The highest BCUT2D eigenvalue weighted by molar-refractivity contribution is 7.47. The fourth-order valence-electron chi connectivity index (χ4n) is 3.12. The zero-order valence-electron chi connectivity index (χ0n) is 44.5. The molecule has 0 rings (SSSR count). The van der Waals surface area contributed by atoms with Crippen molar-refractivity contribution in [1.82, 2.24) is 0 Å². The van der Waals surface area contributed by atoms with Crippen LogP contribution in [0.25, 0.3) is 0 Å². The predicted octanol–water partition coefficient (Wildman–Crippen LogP) is -1.29. The molecule has 0 aromatic carbocycles. The van der Waals surface area contributed by atoms with Crippen LogP contribution in [0.2, 0.25) is 0 Å². The van der Waals surface area contributed by atoms with Gasteiger partial charge in [0.1, 0.15) is 0 Å². The molecule has 0 aliphatic rings. The van der Waals surface area contributed by atoms with Crippen molar-refractivity contribution in [3.8, 4) is 0 Å². The fourth-order valence-corrected chi connectivity index (χ4v) is 3.12. The van der Waals surface area contributed by atoms with E-state index in [4.69, 9.17) is 231 Å². The molecule has 0 radical (unpaired) electrons. The van der Waals surface area contributed by atoms with Gasteiger partial charge in [0.2, 0.25) is 0 Å².